The first-order valence-electron chi connectivity index (χ1n) is 6.67. The quantitative estimate of drug-likeness (QED) is 0.916. The smallest absolute Gasteiger partial charge is 0.341 e. The summed E-state index contributed by atoms with van der Waals surface area (Å²) in [6.45, 7) is 4.46. The normalized spacial score (nSPS) is 17.0. The molecule has 1 aliphatic heterocycles. The van der Waals surface area contributed by atoms with Crippen molar-refractivity contribution < 1.29 is 19.4 Å². The van der Waals surface area contributed by atoms with E-state index in [1.165, 1.54) is 0 Å². The zero-order valence-corrected chi connectivity index (χ0v) is 11.8. The molecule has 0 spiro atoms. The summed E-state index contributed by atoms with van der Waals surface area (Å²) in [5.41, 5.74) is 0.400. The molecule has 0 radical (unpaired) electrons. The Bertz CT molecular complexity index is 524. The first kappa shape index (κ1) is 14.4. The standard InChI is InChI=1S/C15H19NO4/c1-15(2)7-4-8-16(15)14(19)11-5-3-6-12(9-11)20-10-13(17)18/h3,5-6,9H,4,7-8,10H2,1-2H3,(H,17,18). The molecule has 0 aliphatic carbocycles. The van der Waals surface area contributed by atoms with Crippen LogP contribution in [0.1, 0.15) is 37.0 Å². The van der Waals surface area contributed by atoms with Crippen LogP contribution >= 0.6 is 0 Å². The Balaban J connectivity index is 2.14. The third-order valence-corrected chi connectivity index (χ3v) is 3.59. The van der Waals surface area contributed by atoms with Crippen molar-refractivity contribution in [3.63, 3.8) is 0 Å². The number of likely N-dealkylation sites (tertiary alicyclic amines) is 1. The minimum atomic E-state index is -1.04. The fourth-order valence-electron chi connectivity index (χ4n) is 2.50. The van der Waals surface area contributed by atoms with Gasteiger partial charge in [0.25, 0.3) is 5.91 Å². The highest BCUT2D eigenvalue weighted by molar-refractivity contribution is 5.95. The van der Waals surface area contributed by atoms with Crippen molar-refractivity contribution in [1.29, 1.82) is 0 Å². The van der Waals surface area contributed by atoms with Crippen LogP contribution in [0.25, 0.3) is 0 Å². The lowest BCUT2D eigenvalue weighted by atomic mass is 10.0. The van der Waals surface area contributed by atoms with E-state index in [-0.39, 0.29) is 11.4 Å². The Morgan fingerprint density at radius 2 is 2.15 bits per heavy atom. The largest absolute Gasteiger partial charge is 0.482 e. The van der Waals surface area contributed by atoms with Crippen LogP contribution < -0.4 is 4.74 Å². The van der Waals surface area contributed by atoms with Crippen LogP contribution in [0.2, 0.25) is 0 Å². The molecule has 0 atom stereocenters. The van der Waals surface area contributed by atoms with Crippen LogP contribution in [-0.4, -0.2) is 40.6 Å². The van der Waals surface area contributed by atoms with Crippen molar-refractivity contribution in [2.24, 2.45) is 0 Å². The lowest BCUT2D eigenvalue weighted by Crippen LogP contribution is -2.42. The van der Waals surface area contributed by atoms with Gasteiger partial charge >= 0.3 is 5.97 Å². The molecule has 5 heteroatoms. The molecule has 1 fully saturated rings. The third-order valence-electron chi connectivity index (χ3n) is 3.59. The zero-order valence-electron chi connectivity index (χ0n) is 11.8. The molecule has 1 amide bonds. The van der Waals surface area contributed by atoms with Crippen molar-refractivity contribution in [3.05, 3.63) is 29.8 Å². The highest BCUT2D eigenvalue weighted by atomic mass is 16.5. The van der Waals surface area contributed by atoms with E-state index in [0.29, 0.717) is 11.3 Å². The van der Waals surface area contributed by atoms with Crippen LogP contribution in [0.15, 0.2) is 24.3 Å². The zero-order chi connectivity index (χ0) is 14.8. The molecule has 5 nitrogen and oxygen atoms in total. The number of benzene rings is 1. The summed E-state index contributed by atoms with van der Waals surface area (Å²) in [6, 6.07) is 6.67. The van der Waals surface area contributed by atoms with E-state index in [1.54, 1.807) is 24.3 Å². The van der Waals surface area contributed by atoms with E-state index in [9.17, 15) is 9.59 Å². The topological polar surface area (TPSA) is 66.8 Å². The molecule has 0 saturated carbocycles. The first-order chi connectivity index (χ1) is 9.40. The lowest BCUT2D eigenvalue weighted by molar-refractivity contribution is -0.139. The monoisotopic (exact) mass is 277 g/mol. The van der Waals surface area contributed by atoms with Crippen LogP contribution in [0.3, 0.4) is 0 Å². The molecule has 1 aromatic rings. The average Bonchev–Trinajstić information content (AvgIpc) is 2.75. The van der Waals surface area contributed by atoms with E-state index in [0.717, 1.165) is 19.4 Å². The molecule has 108 valence electrons. The van der Waals surface area contributed by atoms with Crippen LogP contribution in [0, 0.1) is 0 Å². The van der Waals surface area contributed by atoms with E-state index < -0.39 is 12.6 Å². The van der Waals surface area contributed by atoms with Crippen molar-refractivity contribution in [2.75, 3.05) is 13.2 Å². The van der Waals surface area contributed by atoms with Gasteiger partial charge in [0.1, 0.15) is 5.75 Å². The van der Waals surface area contributed by atoms with Gasteiger partial charge in [-0.3, -0.25) is 4.79 Å². The van der Waals surface area contributed by atoms with Gasteiger partial charge in [0.05, 0.1) is 0 Å². The number of carbonyl (C=O) groups is 2. The maximum absolute atomic E-state index is 12.5. The van der Waals surface area contributed by atoms with Crippen molar-refractivity contribution in [3.8, 4) is 5.75 Å². The van der Waals surface area contributed by atoms with Gasteiger partial charge in [0, 0.05) is 17.6 Å². The molecule has 20 heavy (non-hydrogen) atoms. The Labute approximate surface area is 118 Å². The fraction of sp³-hybridized carbons (Fsp3) is 0.467. The number of nitrogens with zero attached hydrogens (tertiary/aromatic N) is 1. The van der Waals surface area contributed by atoms with Gasteiger partial charge in [-0.05, 0) is 44.9 Å². The second-order valence-electron chi connectivity index (χ2n) is 5.58. The van der Waals surface area contributed by atoms with Gasteiger partial charge in [0.15, 0.2) is 6.61 Å². The summed E-state index contributed by atoms with van der Waals surface area (Å²) >= 11 is 0. The summed E-state index contributed by atoms with van der Waals surface area (Å²) in [7, 11) is 0. The van der Waals surface area contributed by atoms with E-state index >= 15 is 0 Å². The van der Waals surface area contributed by atoms with Gasteiger partial charge in [-0.1, -0.05) is 6.07 Å². The predicted molar refractivity (Wildman–Crippen MR) is 73.9 cm³/mol. The number of hydrogen-bond donors (Lipinski definition) is 1. The number of ether oxygens (including phenoxy) is 1. The first-order valence-corrected chi connectivity index (χ1v) is 6.67. The SMILES string of the molecule is CC1(C)CCCN1C(=O)c1cccc(OCC(=O)O)c1. The van der Waals surface area contributed by atoms with Gasteiger partial charge < -0.3 is 14.7 Å². The van der Waals surface area contributed by atoms with E-state index in [4.69, 9.17) is 9.84 Å². The molecule has 1 N–H and O–H groups in total. The van der Waals surface area contributed by atoms with Crippen LogP contribution in [0.4, 0.5) is 0 Å². The van der Waals surface area contributed by atoms with Gasteiger partial charge in [-0.2, -0.15) is 0 Å². The van der Waals surface area contributed by atoms with E-state index in [2.05, 4.69) is 13.8 Å². The Hall–Kier alpha value is -2.04. The summed E-state index contributed by atoms with van der Waals surface area (Å²) in [4.78, 5) is 24.9. The molecule has 1 aliphatic rings. The summed E-state index contributed by atoms with van der Waals surface area (Å²) in [6.07, 6.45) is 2.00. The van der Waals surface area contributed by atoms with Crippen LogP contribution in [-0.2, 0) is 4.79 Å². The molecule has 1 heterocycles. The van der Waals surface area contributed by atoms with Gasteiger partial charge in [0.2, 0.25) is 0 Å². The molecule has 0 aromatic heterocycles. The van der Waals surface area contributed by atoms with Gasteiger partial charge in [-0.15, -0.1) is 0 Å². The predicted octanol–water partition coefficient (Wildman–Crippen LogP) is 2.16. The third kappa shape index (κ3) is 3.10. The van der Waals surface area contributed by atoms with Crippen molar-refractivity contribution in [2.45, 2.75) is 32.2 Å². The minimum absolute atomic E-state index is 0.0340. The molecular formula is C15H19NO4. The minimum Gasteiger partial charge on any atom is -0.482 e. The number of aliphatic carboxylic acids is 1. The highest BCUT2D eigenvalue weighted by Crippen LogP contribution is 2.30. The maximum Gasteiger partial charge on any atom is 0.341 e. The molecule has 1 saturated heterocycles. The molecule has 0 bridgehead atoms. The Kier molecular flexibility index (Phi) is 3.97. The van der Waals surface area contributed by atoms with E-state index in [1.807, 2.05) is 4.90 Å². The number of carboxylic acid groups (broad SMARTS) is 1. The summed E-state index contributed by atoms with van der Waals surface area (Å²) < 4.78 is 5.10. The Morgan fingerprint density at radius 1 is 1.40 bits per heavy atom. The fourth-order valence-corrected chi connectivity index (χ4v) is 2.50. The number of rotatable bonds is 4. The Morgan fingerprint density at radius 3 is 2.75 bits per heavy atom. The molecular weight excluding hydrogens is 258 g/mol. The summed E-state index contributed by atoms with van der Waals surface area (Å²) in [5, 5.41) is 8.59. The molecule has 0 unspecified atom stereocenters. The molecule has 1 aromatic carbocycles. The van der Waals surface area contributed by atoms with Gasteiger partial charge in [-0.25, -0.2) is 4.79 Å². The second kappa shape index (κ2) is 5.53. The van der Waals surface area contributed by atoms with Crippen LogP contribution in [0.5, 0.6) is 5.75 Å². The maximum atomic E-state index is 12.5. The highest BCUT2D eigenvalue weighted by Gasteiger charge is 2.35. The molecule has 2 rings (SSSR count). The number of carbonyl (C=O) groups excluding carboxylic acids is 1. The number of carboxylic acids is 1. The van der Waals surface area contributed by atoms with Crippen molar-refractivity contribution in [1.82, 2.24) is 4.90 Å². The summed E-state index contributed by atoms with van der Waals surface area (Å²) in [5.74, 6) is -0.675. The average molecular weight is 277 g/mol. The number of hydrogen-bond acceptors (Lipinski definition) is 3. The lowest BCUT2D eigenvalue weighted by Gasteiger charge is -2.31. The van der Waals surface area contributed by atoms with Crippen molar-refractivity contribution >= 4 is 11.9 Å². The number of amides is 1. The second-order valence-corrected chi connectivity index (χ2v) is 5.58.